The van der Waals surface area contributed by atoms with E-state index in [0.29, 0.717) is 97.6 Å². The summed E-state index contributed by atoms with van der Waals surface area (Å²) >= 11 is 3.68. The predicted octanol–water partition coefficient (Wildman–Crippen LogP) is 8.28. The molecule has 29 nitrogen and oxygen atoms in total. The van der Waals surface area contributed by atoms with Crippen molar-refractivity contribution in [1.82, 2.24) is 79.9 Å². The van der Waals surface area contributed by atoms with E-state index in [9.17, 15) is 16.8 Å². The van der Waals surface area contributed by atoms with E-state index in [4.69, 9.17) is 0 Å². The van der Waals surface area contributed by atoms with Crippen LogP contribution in [0.3, 0.4) is 0 Å². The first-order valence-electron chi connectivity index (χ1n) is 36.0. The van der Waals surface area contributed by atoms with Crippen molar-refractivity contribution in [3.63, 3.8) is 0 Å². The van der Waals surface area contributed by atoms with Crippen molar-refractivity contribution in [2.45, 2.75) is 137 Å². The summed E-state index contributed by atoms with van der Waals surface area (Å²) in [6.07, 6.45) is 9.75. The molecule has 2 aliphatic heterocycles. The van der Waals surface area contributed by atoms with Gasteiger partial charge in [0.15, 0.2) is 0 Å². The quantitative estimate of drug-likeness (QED) is 0.0201. The van der Waals surface area contributed by atoms with E-state index in [1.54, 1.807) is 73.6 Å². The molecule has 2 saturated heterocycles. The van der Waals surface area contributed by atoms with Crippen LogP contribution in [0.15, 0.2) is 185 Å². The number of benzene rings is 5. The highest BCUT2D eigenvalue weighted by molar-refractivity contribution is 7.90. The van der Waals surface area contributed by atoms with Gasteiger partial charge in [0, 0.05) is 144 Å². The van der Waals surface area contributed by atoms with Crippen LogP contribution in [-0.2, 0) is 57.5 Å². The first-order valence-corrected chi connectivity index (χ1v) is 42.8. The zero-order valence-electron chi connectivity index (χ0n) is 60.1. The number of rotatable bonds is 36. The smallest absolute Gasteiger partial charge is 0.244 e. The third kappa shape index (κ3) is 18.9. The Bertz CT molecular complexity index is 4940. The van der Waals surface area contributed by atoms with Gasteiger partial charge in [-0.15, -0.1) is 0 Å². The van der Waals surface area contributed by atoms with Gasteiger partial charge in [-0.05, 0) is 126 Å². The summed E-state index contributed by atoms with van der Waals surface area (Å²) in [5.41, 5.74) is 4.24. The molecule has 2 fully saturated rings. The van der Waals surface area contributed by atoms with Crippen molar-refractivity contribution < 1.29 is 39.6 Å². The summed E-state index contributed by atoms with van der Waals surface area (Å²) in [5, 5.41) is 10.1. The fourth-order valence-corrected chi connectivity index (χ4v) is 19.3. The molecule has 0 spiro atoms. The molecule has 6 N–H and O–H groups in total. The molecule has 0 saturated carbocycles. The van der Waals surface area contributed by atoms with Gasteiger partial charge in [-0.2, -0.15) is 27.3 Å². The maximum atomic E-state index is 17.5. The molecular formula is C73H88N20O9S6. The Morgan fingerprint density at radius 2 is 0.759 bits per heavy atom. The van der Waals surface area contributed by atoms with Crippen LogP contribution in [0.25, 0.3) is 14.9 Å². The normalized spacial score (nSPS) is 16.4. The van der Waals surface area contributed by atoms with Gasteiger partial charge in [0.1, 0.15) is 30.5 Å². The summed E-state index contributed by atoms with van der Waals surface area (Å²) in [7, 11) is -13.5. The van der Waals surface area contributed by atoms with Crippen molar-refractivity contribution in [2.75, 3.05) is 74.9 Å². The fraction of sp³-hybridized carbons (Fsp3) is 0.384. The highest BCUT2D eigenvalue weighted by atomic mass is 32.2. The van der Waals surface area contributed by atoms with Gasteiger partial charge in [-0.1, -0.05) is 114 Å². The number of aromatic nitrogens is 9. The lowest BCUT2D eigenvalue weighted by atomic mass is 10.0. The third-order valence-corrected chi connectivity index (χ3v) is 26.0. The Balaban J connectivity index is 0.924. The number of fused-ring (bicyclic) bond motifs is 3. The number of hydrogen-bond donors (Lipinski definition) is 6. The topological polar surface area (TPSA) is 333 Å². The van der Waals surface area contributed by atoms with Crippen LogP contribution in [0.5, 0.6) is 0 Å². The van der Waals surface area contributed by atoms with Crippen molar-refractivity contribution >= 4 is 115 Å². The van der Waals surface area contributed by atoms with Crippen LogP contribution in [0.2, 0.25) is 0 Å². The maximum absolute atomic E-state index is 17.5. The summed E-state index contributed by atoms with van der Waals surface area (Å²) < 4.78 is 118. The summed E-state index contributed by atoms with van der Waals surface area (Å²) in [4.78, 5) is 74.4. The van der Waals surface area contributed by atoms with Gasteiger partial charge in [-0.3, -0.25) is 42.3 Å². The number of carbonyl (C=O) groups excluding carboxylic acids is 3. The van der Waals surface area contributed by atoms with Crippen LogP contribution >= 0.6 is 34.6 Å². The standard InChI is InChI=1S/C73H88N20O9S6/c1-52-23-29-57(30-24-52)106(97,98)83-60(20-10-13-35-74-68-80-103-71-77-38-41-90(68)71)65(94)88-46-44-86(48-55-16-6-4-7-17-55)50-63(88)93(67(96)62(85-108(101,102)59-33-27-54(3)28-34-59)22-12-15-37-76-70-82-105-73-79-40-43-92(70)73)64-51-87(49-56-18-8-5-9-19-56)45-47-89(64)66(95)61(84-107(99,100)58-31-25-53(2)26-32-58)21-11-14-36-75-69-81-104-72-78-39-42-91(69)72/h4-9,16-19,23-34,38-43,60-64,83-85H,10-15,20-22,35-37,44-51H2,1-3H3,(H,74,80)(H,75,81)(H,76,82)/t60-,61-,62-,63?,64?/m0/s1. The molecule has 11 aromatic rings. The van der Waals surface area contributed by atoms with Crippen LogP contribution in [0.4, 0.5) is 17.8 Å². The molecule has 8 heterocycles. The van der Waals surface area contributed by atoms with Crippen molar-refractivity contribution in [1.29, 1.82) is 0 Å². The third-order valence-electron chi connectivity index (χ3n) is 19.4. The average Bonchev–Trinajstić information content (AvgIpc) is 1.08. The first kappa shape index (κ1) is 77.0. The van der Waals surface area contributed by atoms with E-state index in [1.165, 1.54) is 85.7 Å². The minimum absolute atomic E-state index is 0.0107. The zero-order valence-corrected chi connectivity index (χ0v) is 65.0. The molecule has 13 rings (SSSR count). The second-order valence-corrected chi connectivity index (χ2v) is 34.5. The van der Waals surface area contributed by atoms with E-state index < -0.39 is 78.2 Å². The molecule has 6 aromatic heterocycles. The largest absolute Gasteiger partial charge is 0.355 e. The number of carbonyl (C=O) groups is 3. The van der Waals surface area contributed by atoms with Gasteiger partial charge in [0.2, 0.25) is 80.5 Å². The number of piperazine rings is 2. The molecule has 5 atom stereocenters. The Labute approximate surface area is 640 Å². The number of sulfonamides is 3. The molecule has 570 valence electrons. The lowest BCUT2D eigenvalue weighted by Crippen LogP contribution is -2.74. The summed E-state index contributed by atoms with van der Waals surface area (Å²) in [6.45, 7) is 7.46. The van der Waals surface area contributed by atoms with E-state index in [-0.39, 0.29) is 79.6 Å². The van der Waals surface area contributed by atoms with Gasteiger partial charge in [0.05, 0.1) is 14.7 Å². The lowest BCUT2D eigenvalue weighted by Gasteiger charge is -2.54. The molecule has 3 amide bonds. The molecule has 0 bridgehead atoms. The Morgan fingerprint density at radius 1 is 0.435 bits per heavy atom. The highest BCUT2D eigenvalue weighted by Gasteiger charge is 2.49. The monoisotopic (exact) mass is 1580 g/mol. The minimum atomic E-state index is -4.57. The average molecular weight is 1580 g/mol. The van der Waals surface area contributed by atoms with Crippen LogP contribution in [0.1, 0.15) is 85.6 Å². The number of nitrogens with one attached hydrogen (secondary N) is 6. The number of amides is 3. The molecular weight excluding hydrogens is 1490 g/mol. The van der Waals surface area contributed by atoms with Gasteiger partial charge >= 0.3 is 0 Å². The Kier molecular flexibility index (Phi) is 25.0. The number of hydrogen-bond acceptors (Lipinski definition) is 23. The van der Waals surface area contributed by atoms with Gasteiger partial charge in [-0.25, -0.2) is 40.2 Å². The molecule has 35 heteroatoms. The van der Waals surface area contributed by atoms with Crippen molar-refractivity contribution in [2.24, 2.45) is 0 Å². The number of aryl methyl sites for hydroxylation is 3. The van der Waals surface area contributed by atoms with E-state index in [0.717, 1.165) is 27.8 Å². The van der Waals surface area contributed by atoms with Crippen LogP contribution in [0, 0.1) is 20.8 Å². The molecule has 108 heavy (non-hydrogen) atoms. The summed E-state index contributed by atoms with van der Waals surface area (Å²) in [6, 6.07) is 33.7. The van der Waals surface area contributed by atoms with E-state index in [1.807, 2.05) is 94.6 Å². The second kappa shape index (κ2) is 35.0. The molecule has 2 unspecified atom stereocenters. The molecule has 0 aliphatic carbocycles. The first-order chi connectivity index (χ1) is 52.2. The Morgan fingerprint density at radius 3 is 1.10 bits per heavy atom. The highest BCUT2D eigenvalue weighted by Crippen LogP contribution is 2.31. The molecule has 5 aromatic carbocycles. The van der Waals surface area contributed by atoms with Crippen LogP contribution < -0.4 is 30.1 Å². The SMILES string of the molecule is Cc1ccc(S(=O)(=O)N[C@@H](CCCCNc2nsc3nccn23)C(=O)N2CCN(Cc3ccccc3)CC2N(C(=O)[C@H](CCCCNc2nsc3nccn23)NS(=O)(=O)c2ccc(C)cc2)C2CN(Cc3ccccc3)CCN2C(=O)[C@H](CCCCNc2nsc3nccn23)NS(=O)(=O)c2ccc(C)cc2)cc1. The van der Waals surface area contributed by atoms with Gasteiger partial charge < -0.3 is 25.8 Å². The number of nitrogens with zero attached hydrogens (tertiary/aromatic N) is 14. The summed E-state index contributed by atoms with van der Waals surface area (Å²) in [5.74, 6) is -0.420. The van der Waals surface area contributed by atoms with Crippen molar-refractivity contribution in [3.8, 4) is 0 Å². The zero-order chi connectivity index (χ0) is 75.4. The Hall–Kier alpha value is -9.14. The molecule has 0 radical (unpaired) electrons. The second-order valence-electron chi connectivity index (χ2n) is 27.2. The minimum Gasteiger partial charge on any atom is -0.355 e. The van der Waals surface area contributed by atoms with Crippen molar-refractivity contribution in [3.05, 3.63) is 198 Å². The fourth-order valence-electron chi connectivity index (χ4n) is 13.6. The van der Waals surface area contributed by atoms with E-state index in [2.05, 4.69) is 68.0 Å². The number of unbranched alkanes of at least 4 members (excludes halogenated alkanes) is 3. The number of anilines is 3. The van der Waals surface area contributed by atoms with Crippen LogP contribution in [-0.4, -0.2) is 198 Å². The number of imidazole rings is 3. The van der Waals surface area contributed by atoms with E-state index >= 15 is 22.8 Å². The predicted molar refractivity (Wildman–Crippen MR) is 417 cm³/mol. The molecule has 2 aliphatic rings. The lowest BCUT2D eigenvalue weighted by molar-refractivity contribution is -0.172. The maximum Gasteiger partial charge on any atom is 0.244 e. The van der Waals surface area contributed by atoms with Gasteiger partial charge in [0.25, 0.3) is 0 Å².